The molecule has 0 aromatic carbocycles. The fraction of sp³-hybridized carbons (Fsp3) is 0.947. The summed E-state index contributed by atoms with van der Waals surface area (Å²) in [4.78, 5) is 38.1. The minimum atomic E-state index is -0.760. The number of hydrogen-bond donors (Lipinski definition) is 0. The number of carbonyl (C=O) groups excluding carboxylic acids is 3. The molecule has 0 aromatic rings. The van der Waals surface area contributed by atoms with Crippen LogP contribution in [0.15, 0.2) is 0 Å². The van der Waals surface area contributed by atoms with Crippen molar-refractivity contribution in [2.75, 3.05) is 13.2 Å². The molecule has 0 aliphatic heterocycles. The van der Waals surface area contributed by atoms with Crippen LogP contribution in [-0.4, -0.2) is 37.2 Å². The molecule has 0 radical (unpaired) electrons. The lowest BCUT2D eigenvalue weighted by atomic mass is 10.0. The molecule has 0 unspecified atom stereocenters. The van der Waals surface area contributed by atoms with Crippen LogP contribution in [0.2, 0.25) is 0 Å². The van der Waals surface area contributed by atoms with Crippen molar-refractivity contribution in [1.29, 1.82) is 0 Å². The number of carbonyl (C=O) groups is 3. The van der Waals surface area contributed by atoms with Crippen LogP contribution >= 0.6 is 0 Å². The van der Waals surface area contributed by atoms with Crippen molar-refractivity contribution >= 4 is 17.9 Å². The van der Waals surface area contributed by atoms with Crippen molar-refractivity contribution in [2.24, 2.45) is 0 Å². The Morgan fingerprint density at radius 2 is 0.429 bits per heavy atom. The van der Waals surface area contributed by atoms with Crippen molar-refractivity contribution < 1.29 is 28.6 Å². The van der Waals surface area contributed by atoms with E-state index in [1.165, 1.54) is 231 Å². The lowest BCUT2D eigenvalue weighted by Crippen LogP contribution is -2.30. The SMILES string of the molecule is CCCCCCCCCCCCCCCCCCC(=O)OC[C@@H](COC(=O)CCCCCCCCCCCCCCCC)OC(=O)CCCCCCCCCCCCCCCCC. The normalized spacial score (nSPS) is 11.9. The Kier molecular flexibility index (Phi) is 51.7. The molecule has 0 saturated heterocycles. The van der Waals surface area contributed by atoms with Crippen molar-refractivity contribution in [3.8, 4) is 0 Å². The van der Waals surface area contributed by atoms with Gasteiger partial charge in [-0.3, -0.25) is 14.4 Å². The third-order valence-electron chi connectivity index (χ3n) is 13.1. The molecule has 0 rings (SSSR count). The van der Waals surface area contributed by atoms with Gasteiger partial charge in [-0.1, -0.05) is 290 Å². The largest absolute Gasteiger partial charge is 0.462 e. The van der Waals surface area contributed by atoms with Crippen molar-refractivity contribution in [3.05, 3.63) is 0 Å². The number of rotatable bonds is 53. The highest BCUT2D eigenvalue weighted by Gasteiger charge is 2.19. The van der Waals surface area contributed by atoms with Gasteiger partial charge in [0, 0.05) is 19.3 Å². The van der Waals surface area contributed by atoms with E-state index in [2.05, 4.69) is 20.8 Å². The first-order valence-electron chi connectivity index (χ1n) is 28.5. The van der Waals surface area contributed by atoms with E-state index in [1.54, 1.807) is 0 Å². The van der Waals surface area contributed by atoms with Gasteiger partial charge in [-0.2, -0.15) is 0 Å². The molecule has 0 fully saturated rings. The highest BCUT2D eigenvalue weighted by molar-refractivity contribution is 5.71. The fourth-order valence-corrected chi connectivity index (χ4v) is 8.80. The van der Waals surface area contributed by atoms with Gasteiger partial charge in [0.15, 0.2) is 6.10 Å². The van der Waals surface area contributed by atoms with Crippen LogP contribution in [0, 0.1) is 0 Å². The van der Waals surface area contributed by atoms with E-state index in [0.717, 1.165) is 57.8 Å². The molecule has 1 atom stereocenters. The summed E-state index contributed by atoms with van der Waals surface area (Å²) in [6, 6.07) is 0. The van der Waals surface area contributed by atoms with Gasteiger partial charge in [0.1, 0.15) is 13.2 Å². The minimum absolute atomic E-state index is 0.0611. The van der Waals surface area contributed by atoms with Crippen molar-refractivity contribution in [2.45, 2.75) is 335 Å². The molecule has 0 saturated carbocycles. The number of esters is 3. The van der Waals surface area contributed by atoms with Crippen LogP contribution in [0.25, 0.3) is 0 Å². The maximum Gasteiger partial charge on any atom is 0.306 e. The zero-order chi connectivity index (χ0) is 45.8. The van der Waals surface area contributed by atoms with Crippen LogP contribution in [0.1, 0.15) is 329 Å². The third-order valence-corrected chi connectivity index (χ3v) is 13.1. The molecule has 374 valence electrons. The Bertz CT molecular complexity index is 936. The number of hydrogen-bond acceptors (Lipinski definition) is 6. The highest BCUT2D eigenvalue weighted by atomic mass is 16.6. The summed E-state index contributed by atoms with van der Waals surface area (Å²) < 4.78 is 16.9. The van der Waals surface area contributed by atoms with Crippen LogP contribution < -0.4 is 0 Å². The Labute approximate surface area is 393 Å². The van der Waals surface area contributed by atoms with E-state index in [4.69, 9.17) is 14.2 Å². The predicted octanol–water partition coefficient (Wildman–Crippen LogP) is 18.8. The maximum atomic E-state index is 12.8. The highest BCUT2D eigenvalue weighted by Crippen LogP contribution is 2.17. The first kappa shape index (κ1) is 61.4. The lowest BCUT2D eigenvalue weighted by Gasteiger charge is -2.18. The quantitative estimate of drug-likeness (QED) is 0.0344. The van der Waals surface area contributed by atoms with Crippen molar-refractivity contribution in [3.63, 3.8) is 0 Å². The molecule has 0 N–H and O–H groups in total. The summed E-state index contributed by atoms with van der Waals surface area (Å²) in [5, 5.41) is 0. The molecule has 0 amide bonds. The number of unbranched alkanes of at least 4 members (excludes halogenated alkanes) is 42. The molecule has 6 nitrogen and oxygen atoms in total. The molecule has 0 aromatic heterocycles. The lowest BCUT2D eigenvalue weighted by molar-refractivity contribution is -0.167. The third kappa shape index (κ3) is 51.3. The van der Waals surface area contributed by atoms with Gasteiger partial charge in [0.2, 0.25) is 0 Å². The molecule has 6 heteroatoms. The van der Waals surface area contributed by atoms with Crippen LogP contribution in [-0.2, 0) is 28.6 Å². The van der Waals surface area contributed by atoms with Gasteiger partial charge in [-0.25, -0.2) is 0 Å². The van der Waals surface area contributed by atoms with E-state index in [9.17, 15) is 14.4 Å². The van der Waals surface area contributed by atoms with Gasteiger partial charge >= 0.3 is 17.9 Å². The zero-order valence-corrected chi connectivity index (χ0v) is 42.9. The fourth-order valence-electron chi connectivity index (χ4n) is 8.80. The van der Waals surface area contributed by atoms with E-state index in [1.807, 2.05) is 0 Å². The van der Waals surface area contributed by atoms with Gasteiger partial charge < -0.3 is 14.2 Å². The Morgan fingerprint density at radius 3 is 0.635 bits per heavy atom. The topological polar surface area (TPSA) is 78.9 Å². The van der Waals surface area contributed by atoms with E-state index >= 15 is 0 Å². The summed E-state index contributed by atoms with van der Waals surface area (Å²) >= 11 is 0. The molecule has 0 spiro atoms. The number of ether oxygens (including phenoxy) is 3. The molecular weight excluding hydrogens is 781 g/mol. The summed E-state index contributed by atoms with van der Waals surface area (Å²) in [6.45, 7) is 6.71. The summed E-state index contributed by atoms with van der Waals surface area (Å²) in [6.07, 6.45) is 58.0. The average Bonchev–Trinajstić information content (AvgIpc) is 3.28. The Hall–Kier alpha value is -1.59. The summed E-state index contributed by atoms with van der Waals surface area (Å²) in [7, 11) is 0. The van der Waals surface area contributed by atoms with Gasteiger partial charge in [-0.05, 0) is 19.3 Å². The van der Waals surface area contributed by atoms with Gasteiger partial charge in [0.05, 0.1) is 0 Å². The van der Waals surface area contributed by atoms with Gasteiger partial charge in [0.25, 0.3) is 0 Å². The summed E-state index contributed by atoms with van der Waals surface area (Å²) in [5.74, 6) is -0.832. The Balaban J connectivity index is 4.29. The molecule has 0 heterocycles. The summed E-state index contributed by atoms with van der Waals surface area (Å²) in [5.41, 5.74) is 0. The molecule has 0 aliphatic carbocycles. The van der Waals surface area contributed by atoms with E-state index in [0.29, 0.717) is 19.3 Å². The Morgan fingerprint density at radius 1 is 0.254 bits per heavy atom. The second-order valence-electron chi connectivity index (χ2n) is 19.6. The molecular formula is C57H110O6. The van der Waals surface area contributed by atoms with Gasteiger partial charge in [-0.15, -0.1) is 0 Å². The van der Waals surface area contributed by atoms with E-state index in [-0.39, 0.29) is 31.1 Å². The average molecular weight is 892 g/mol. The zero-order valence-electron chi connectivity index (χ0n) is 42.9. The second-order valence-corrected chi connectivity index (χ2v) is 19.6. The van der Waals surface area contributed by atoms with Crippen LogP contribution in [0.3, 0.4) is 0 Å². The van der Waals surface area contributed by atoms with Crippen LogP contribution in [0.5, 0.6) is 0 Å². The minimum Gasteiger partial charge on any atom is -0.462 e. The van der Waals surface area contributed by atoms with Crippen molar-refractivity contribution in [1.82, 2.24) is 0 Å². The first-order valence-corrected chi connectivity index (χ1v) is 28.5. The van der Waals surface area contributed by atoms with Crippen LogP contribution in [0.4, 0.5) is 0 Å². The monoisotopic (exact) mass is 891 g/mol. The first-order chi connectivity index (χ1) is 31.0. The second kappa shape index (κ2) is 53.0. The smallest absolute Gasteiger partial charge is 0.306 e. The molecule has 0 aliphatic rings. The maximum absolute atomic E-state index is 12.8. The molecule has 63 heavy (non-hydrogen) atoms. The molecule has 0 bridgehead atoms. The predicted molar refractivity (Wildman–Crippen MR) is 270 cm³/mol. The van der Waals surface area contributed by atoms with E-state index < -0.39 is 6.10 Å². The standard InChI is InChI=1S/C57H110O6/c1-4-7-10-13-16-19-22-25-28-30-32-35-38-41-44-47-50-56(59)62-53-54(52-61-55(58)49-46-43-40-37-34-31-27-24-21-18-15-12-9-6-3)63-57(60)51-48-45-42-39-36-33-29-26-23-20-17-14-11-8-5-2/h54H,4-53H2,1-3H3/t54-/m1/s1.